The van der Waals surface area contributed by atoms with Crippen molar-refractivity contribution in [1.29, 1.82) is 0 Å². The molecule has 0 spiro atoms. The fraction of sp³-hybridized carbons (Fsp3) is 0.200. The molecule has 0 saturated heterocycles. The van der Waals surface area contributed by atoms with Crippen molar-refractivity contribution in [3.05, 3.63) is 30.9 Å². The largest absolute Gasteiger partial charge is 0.489 e. The van der Waals surface area contributed by atoms with Crippen LogP contribution in [0.1, 0.15) is 0 Å². The minimum absolute atomic E-state index is 0.292. The van der Waals surface area contributed by atoms with Crippen LogP contribution < -0.4 is 14.2 Å². The zero-order valence-electron chi connectivity index (χ0n) is 7.16. The standard InChI is InChI=1S/C10H10O3/c1-2-5-11-8-3-4-9-10(6-8)13-7-12-9/h2-4,6H,1,5,7H2. The van der Waals surface area contributed by atoms with Crippen LogP contribution in [0.25, 0.3) is 0 Å². The molecule has 1 aromatic rings. The van der Waals surface area contributed by atoms with Gasteiger partial charge in [0.1, 0.15) is 12.4 Å². The van der Waals surface area contributed by atoms with Crippen molar-refractivity contribution in [2.45, 2.75) is 0 Å². The van der Waals surface area contributed by atoms with Crippen LogP contribution in [-0.2, 0) is 0 Å². The van der Waals surface area contributed by atoms with Gasteiger partial charge in [0.25, 0.3) is 0 Å². The van der Waals surface area contributed by atoms with Gasteiger partial charge in [-0.05, 0) is 12.1 Å². The van der Waals surface area contributed by atoms with Crippen molar-refractivity contribution in [2.75, 3.05) is 13.4 Å². The monoisotopic (exact) mass is 178 g/mol. The maximum atomic E-state index is 5.33. The number of hydrogen-bond acceptors (Lipinski definition) is 3. The molecule has 0 atom stereocenters. The van der Waals surface area contributed by atoms with E-state index in [-0.39, 0.29) is 0 Å². The summed E-state index contributed by atoms with van der Waals surface area (Å²) in [5.41, 5.74) is 0. The van der Waals surface area contributed by atoms with Crippen LogP contribution in [0.3, 0.4) is 0 Å². The van der Waals surface area contributed by atoms with E-state index < -0.39 is 0 Å². The molecule has 68 valence electrons. The average molecular weight is 178 g/mol. The van der Waals surface area contributed by atoms with Crippen molar-refractivity contribution >= 4 is 0 Å². The van der Waals surface area contributed by atoms with Crippen molar-refractivity contribution in [1.82, 2.24) is 0 Å². The number of benzene rings is 1. The van der Waals surface area contributed by atoms with Crippen LogP contribution in [0.2, 0.25) is 0 Å². The molecule has 0 bridgehead atoms. The Kier molecular flexibility index (Phi) is 2.08. The second kappa shape index (κ2) is 3.39. The molecule has 0 radical (unpaired) electrons. The molecule has 1 aliphatic rings. The van der Waals surface area contributed by atoms with Gasteiger partial charge < -0.3 is 14.2 Å². The topological polar surface area (TPSA) is 27.7 Å². The van der Waals surface area contributed by atoms with E-state index >= 15 is 0 Å². The van der Waals surface area contributed by atoms with Gasteiger partial charge in [-0.15, -0.1) is 0 Å². The van der Waals surface area contributed by atoms with E-state index in [0.29, 0.717) is 13.4 Å². The normalized spacial score (nSPS) is 12.6. The first-order valence-electron chi connectivity index (χ1n) is 4.03. The Bertz CT molecular complexity index is 320. The highest BCUT2D eigenvalue weighted by Gasteiger charge is 2.13. The lowest BCUT2D eigenvalue weighted by Crippen LogP contribution is -1.93. The third-order valence-electron chi connectivity index (χ3n) is 1.71. The van der Waals surface area contributed by atoms with Crippen molar-refractivity contribution in [3.63, 3.8) is 0 Å². The van der Waals surface area contributed by atoms with Gasteiger partial charge in [0.2, 0.25) is 6.79 Å². The second-order valence-electron chi connectivity index (χ2n) is 2.61. The number of ether oxygens (including phenoxy) is 3. The average Bonchev–Trinajstić information content (AvgIpc) is 2.61. The summed E-state index contributed by atoms with van der Waals surface area (Å²) in [6.07, 6.45) is 1.70. The van der Waals surface area contributed by atoms with E-state index in [9.17, 15) is 0 Å². The van der Waals surface area contributed by atoms with Crippen LogP contribution in [-0.4, -0.2) is 13.4 Å². The summed E-state index contributed by atoms with van der Waals surface area (Å²) >= 11 is 0. The first kappa shape index (κ1) is 7.98. The smallest absolute Gasteiger partial charge is 0.231 e. The first-order valence-corrected chi connectivity index (χ1v) is 4.03. The van der Waals surface area contributed by atoms with Crippen LogP contribution in [0.5, 0.6) is 17.2 Å². The third-order valence-corrected chi connectivity index (χ3v) is 1.71. The summed E-state index contributed by atoms with van der Waals surface area (Å²) in [6, 6.07) is 5.49. The molecule has 13 heavy (non-hydrogen) atoms. The maximum Gasteiger partial charge on any atom is 0.231 e. The third kappa shape index (κ3) is 1.59. The fourth-order valence-electron chi connectivity index (χ4n) is 1.12. The van der Waals surface area contributed by atoms with Gasteiger partial charge in [-0.2, -0.15) is 0 Å². The van der Waals surface area contributed by atoms with Crippen molar-refractivity contribution < 1.29 is 14.2 Å². The molecule has 0 fully saturated rings. The zero-order valence-corrected chi connectivity index (χ0v) is 7.16. The minimum Gasteiger partial charge on any atom is -0.489 e. The van der Waals surface area contributed by atoms with Crippen LogP contribution >= 0.6 is 0 Å². The molecule has 2 rings (SSSR count). The first-order chi connectivity index (χ1) is 6.40. The molecule has 3 nitrogen and oxygen atoms in total. The maximum absolute atomic E-state index is 5.33. The Morgan fingerprint density at radius 3 is 3.08 bits per heavy atom. The highest BCUT2D eigenvalue weighted by Crippen LogP contribution is 2.34. The summed E-state index contributed by atoms with van der Waals surface area (Å²) in [4.78, 5) is 0. The van der Waals surface area contributed by atoms with E-state index in [1.165, 1.54) is 0 Å². The predicted octanol–water partition coefficient (Wildman–Crippen LogP) is 1.98. The van der Waals surface area contributed by atoms with Crippen molar-refractivity contribution in [3.8, 4) is 17.2 Å². The Balaban J connectivity index is 2.16. The van der Waals surface area contributed by atoms with Gasteiger partial charge in [-0.1, -0.05) is 12.7 Å². The highest BCUT2D eigenvalue weighted by molar-refractivity contribution is 5.46. The van der Waals surface area contributed by atoms with Gasteiger partial charge in [0.15, 0.2) is 11.5 Å². The van der Waals surface area contributed by atoms with E-state index in [0.717, 1.165) is 17.2 Å². The van der Waals surface area contributed by atoms with Gasteiger partial charge in [-0.25, -0.2) is 0 Å². The summed E-state index contributed by atoms with van der Waals surface area (Å²) in [6.45, 7) is 4.36. The molecule has 1 aromatic carbocycles. The SMILES string of the molecule is C=CCOc1ccc2c(c1)OCO2. The molecule has 0 N–H and O–H groups in total. The van der Waals surface area contributed by atoms with E-state index in [4.69, 9.17) is 14.2 Å². The molecular formula is C10H10O3. The molecule has 3 heteroatoms. The molecular weight excluding hydrogens is 168 g/mol. The lowest BCUT2D eigenvalue weighted by molar-refractivity contribution is 0.174. The molecule has 0 unspecified atom stereocenters. The summed E-state index contributed by atoms with van der Waals surface area (Å²) in [5.74, 6) is 2.27. The van der Waals surface area contributed by atoms with Crippen LogP contribution in [0.15, 0.2) is 30.9 Å². The number of rotatable bonds is 3. The molecule has 0 amide bonds. The molecule has 0 saturated carbocycles. The van der Waals surface area contributed by atoms with Gasteiger partial charge in [0.05, 0.1) is 0 Å². The fourth-order valence-corrected chi connectivity index (χ4v) is 1.12. The lowest BCUT2D eigenvalue weighted by atomic mass is 10.3. The molecule has 0 aliphatic carbocycles. The van der Waals surface area contributed by atoms with E-state index in [1.807, 2.05) is 18.2 Å². The minimum atomic E-state index is 0.292. The van der Waals surface area contributed by atoms with Crippen LogP contribution in [0, 0.1) is 0 Å². The van der Waals surface area contributed by atoms with Crippen molar-refractivity contribution in [2.24, 2.45) is 0 Å². The van der Waals surface area contributed by atoms with E-state index in [2.05, 4.69) is 6.58 Å². The lowest BCUT2D eigenvalue weighted by Gasteiger charge is -2.03. The quantitative estimate of drug-likeness (QED) is 0.662. The van der Waals surface area contributed by atoms with Gasteiger partial charge >= 0.3 is 0 Å². The van der Waals surface area contributed by atoms with E-state index in [1.54, 1.807) is 6.08 Å². The number of hydrogen-bond donors (Lipinski definition) is 0. The Morgan fingerprint density at radius 2 is 2.23 bits per heavy atom. The molecule has 1 aliphatic heterocycles. The van der Waals surface area contributed by atoms with Gasteiger partial charge in [-0.3, -0.25) is 0 Å². The Hall–Kier alpha value is -1.64. The van der Waals surface area contributed by atoms with Gasteiger partial charge in [0, 0.05) is 6.07 Å². The Labute approximate surface area is 76.5 Å². The summed E-state index contributed by atoms with van der Waals surface area (Å²) < 4.78 is 15.7. The second-order valence-corrected chi connectivity index (χ2v) is 2.61. The van der Waals surface area contributed by atoms with Crippen LogP contribution in [0.4, 0.5) is 0 Å². The predicted molar refractivity (Wildman–Crippen MR) is 48.3 cm³/mol. The number of fused-ring (bicyclic) bond motifs is 1. The molecule has 1 heterocycles. The Morgan fingerprint density at radius 1 is 1.38 bits per heavy atom. The zero-order chi connectivity index (χ0) is 9.10. The molecule has 0 aromatic heterocycles. The highest BCUT2D eigenvalue weighted by atomic mass is 16.7. The summed E-state index contributed by atoms with van der Waals surface area (Å²) in [7, 11) is 0. The summed E-state index contributed by atoms with van der Waals surface area (Å²) in [5, 5.41) is 0.